The van der Waals surface area contributed by atoms with Crippen LogP contribution < -0.4 is 0 Å². The van der Waals surface area contributed by atoms with Crippen LogP contribution in [-0.4, -0.2) is 25.2 Å². The second kappa shape index (κ2) is 11.1. The molecule has 0 aromatic rings. The highest BCUT2D eigenvalue weighted by molar-refractivity contribution is 5.87. The number of allylic oxidation sites excluding steroid dienone is 2. The van der Waals surface area contributed by atoms with Crippen molar-refractivity contribution in [3.05, 3.63) is 23.3 Å². The smallest absolute Gasteiger partial charge is 0.333 e. The predicted molar refractivity (Wildman–Crippen MR) is 97.6 cm³/mol. The molecule has 1 aliphatic rings. The minimum atomic E-state index is -0.222. The monoisotopic (exact) mass is 338 g/mol. The molecule has 0 saturated heterocycles. The van der Waals surface area contributed by atoms with Crippen LogP contribution in [0.2, 0.25) is 0 Å². The van der Waals surface area contributed by atoms with Crippen LogP contribution in [0, 0.1) is 11.3 Å². The van der Waals surface area contributed by atoms with Crippen molar-refractivity contribution in [3.8, 4) is 0 Å². The molecule has 0 bridgehead atoms. The van der Waals surface area contributed by atoms with E-state index >= 15 is 0 Å². The second-order valence-corrected chi connectivity index (χ2v) is 6.54. The SMILES string of the molecule is CC=C(C)C(=O)OCC.CCOC(=O)C1C(CC)=CCCC1(C)C. The average Bonchev–Trinajstić information content (AvgIpc) is 2.53. The molecule has 1 rings (SSSR count). The molecule has 4 heteroatoms. The van der Waals surface area contributed by atoms with Gasteiger partial charge in [0, 0.05) is 5.57 Å². The number of ether oxygens (including phenoxy) is 2. The van der Waals surface area contributed by atoms with Crippen LogP contribution in [0.5, 0.6) is 0 Å². The first-order chi connectivity index (χ1) is 11.2. The summed E-state index contributed by atoms with van der Waals surface area (Å²) in [6.07, 6.45) is 7.06. The van der Waals surface area contributed by atoms with E-state index in [4.69, 9.17) is 4.74 Å². The van der Waals surface area contributed by atoms with Gasteiger partial charge in [-0.2, -0.15) is 0 Å². The zero-order valence-electron chi connectivity index (χ0n) is 16.4. The molecule has 0 saturated carbocycles. The largest absolute Gasteiger partial charge is 0.466 e. The molecule has 1 atom stereocenters. The van der Waals surface area contributed by atoms with Crippen molar-refractivity contribution in [2.45, 2.75) is 67.7 Å². The fourth-order valence-electron chi connectivity index (χ4n) is 2.80. The molecular formula is C20H34O4. The summed E-state index contributed by atoms with van der Waals surface area (Å²) in [5.41, 5.74) is 1.97. The van der Waals surface area contributed by atoms with Gasteiger partial charge in [0.05, 0.1) is 19.1 Å². The summed E-state index contributed by atoms with van der Waals surface area (Å²) in [4.78, 5) is 22.6. The van der Waals surface area contributed by atoms with Crippen molar-refractivity contribution in [1.82, 2.24) is 0 Å². The molecule has 138 valence electrons. The van der Waals surface area contributed by atoms with Gasteiger partial charge >= 0.3 is 11.9 Å². The van der Waals surface area contributed by atoms with Crippen LogP contribution in [0.3, 0.4) is 0 Å². The maximum Gasteiger partial charge on any atom is 0.333 e. The number of esters is 2. The molecule has 0 amide bonds. The number of hydrogen-bond acceptors (Lipinski definition) is 4. The van der Waals surface area contributed by atoms with Crippen LogP contribution in [-0.2, 0) is 19.1 Å². The molecule has 0 aromatic heterocycles. The zero-order chi connectivity index (χ0) is 18.8. The Kier molecular flexibility index (Phi) is 10.3. The Balaban J connectivity index is 0.000000506. The van der Waals surface area contributed by atoms with Crippen LogP contribution in [0.4, 0.5) is 0 Å². The standard InChI is InChI=1S/C13H22O2.C7H12O2/c1-5-10-8-7-9-13(3,4)11(10)12(14)15-6-2;1-4-6(3)7(8)9-5-2/h8,11H,5-7,9H2,1-4H3;4H,5H2,1-3H3. The van der Waals surface area contributed by atoms with E-state index in [0.29, 0.717) is 18.8 Å². The van der Waals surface area contributed by atoms with E-state index < -0.39 is 0 Å². The van der Waals surface area contributed by atoms with Gasteiger partial charge in [-0.05, 0) is 52.4 Å². The maximum absolute atomic E-state index is 11.9. The summed E-state index contributed by atoms with van der Waals surface area (Å²) in [6, 6.07) is 0. The predicted octanol–water partition coefficient (Wildman–Crippen LogP) is 4.84. The van der Waals surface area contributed by atoms with Gasteiger partial charge in [0.1, 0.15) is 0 Å². The second-order valence-electron chi connectivity index (χ2n) is 6.54. The highest BCUT2D eigenvalue weighted by atomic mass is 16.5. The Bertz CT molecular complexity index is 472. The minimum Gasteiger partial charge on any atom is -0.466 e. The van der Waals surface area contributed by atoms with E-state index in [9.17, 15) is 9.59 Å². The molecule has 0 heterocycles. The molecule has 4 nitrogen and oxygen atoms in total. The average molecular weight is 338 g/mol. The Morgan fingerprint density at radius 2 is 1.79 bits per heavy atom. The fourth-order valence-corrected chi connectivity index (χ4v) is 2.80. The van der Waals surface area contributed by atoms with Gasteiger partial charge in [-0.15, -0.1) is 0 Å². The minimum absolute atomic E-state index is 0.0313. The summed E-state index contributed by atoms with van der Waals surface area (Å²) in [6.45, 7) is 14.6. The molecule has 1 unspecified atom stereocenters. The van der Waals surface area contributed by atoms with Crippen molar-refractivity contribution in [2.75, 3.05) is 13.2 Å². The third-order valence-electron chi connectivity index (χ3n) is 4.31. The Morgan fingerprint density at radius 1 is 1.21 bits per heavy atom. The van der Waals surface area contributed by atoms with Gasteiger partial charge in [-0.3, -0.25) is 4.79 Å². The van der Waals surface area contributed by atoms with Gasteiger partial charge in [-0.1, -0.05) is 38.5 Å². The number of carbonyl (C=O) groups excluding carboxylic acids is 2. The number of carbonyl (C=O) groups is 2. The van der Waals surface area contributed by atoms with E-state index in [0.717, 1.165) is 19.3 Å². The first-order valence-corrected chi connectivity index (χ1v) is 8.90. The Hall–Kier alpha value is -1.58. The Labute approximate surface area is 147 Å². The fraction of sp³-hybridized carbons (Fsp3) is 0.700. The molecular weight excluding hydrogens is 304 g/mol. The van der Waals surface area contributed by atoms with Crippen molar-refractivity contribution in [3.63, 3.8) is 0 Å². The lowest BCUT2D eigenvalue weighted by atomic mass is 9.68. The molecule has 0 fully saturated rings. The lowest BCUT2D eigenvalue weighted by molar-refractivity contribution is -0.151. The molecule has 0 aliphatic heterocycles. The maximum atomic E-state index is 11.9. The third kappa shape index (κ3) is 6.90. The van der Waals surface area contributed by atoms with Crippen molar-refractivity contribution < 1.29 is 19.1 Å². The summed E-state index contributed by atoms with van der Waals surface area (Å²) in [5.74, 6) is -0.300. The third-order valence-corrected chi connectivity index (χ3v) is 4.31. The van der Waals surface area contributed by atoms with Gasteiger partial charge in [0.2, 0.25) is 0 Å². The summed E-state index contributed by atoms with van der Waals surface area (Å²) in [5, 5.41) is 0. The number of hydrogen-bond donors (Lipinski definition) is 0. The summed E-state index contributed by atoms with van der Waals surface area (Å²) >= 11 is 0. The topological polar surface area (TPSA) is 52.6 Å². The van der Waals surface area contributed by atoms with E-state index in [1.807, 2.05) is 13.8 Å². The highest BCUT2D eigenvalue weighted by Gasteiger charge is 2.39. The quantitative estimate of drug-likeness (QED) is 0.409. The Morgan fingerprint density at radius 3 is 2.25 bits per heavy atom. The van der Waals surface area contributed by atoms with E-state index in [2.05, 4.69) is 31.6 Å². The van der Waals surface area contributed by atoms with Gasteiger partial charge in [-0.25, -0.2) is 4.79 Å². The zero-order valence-corrected chi connectivity index (χ0v) is 16.4. The van der Waals surface area contributed by atoms with Crippen LogP contribution in [0.1, 0.15) is 67.7 Å². The van der Waals surface area contributed by atoms with E-state index in [1.165, 1.54) is 5.57 Å². The molecule has 0 radical (unpaired) electrons. The van der Waals surface area contributed by atoms with Crippen LogP contribution in [0.25, 0.3) is 0 Å². The summed E-state index contributed by atoms with van der Waals surface area (Å²) in [7, 11) is 0. The van der Waals surface area contributed by atoms with Crippen molar-refractivity contribution >= 4 is 11.9 Å². The normalized spacial score (nSPS) is 19.5. The first kappa shape index (κ1) is 22.4. The van der Waals surface area contributed by atoms with Gasteiger partial charge in [0.25, 0.3) is 0 Å². The lowest BCUT2D eigenvalue weighted by Crippen LogP contribution is -2.36. The van der Waals surface area contributed by atoms with Crippen molar-refractivity contribution in [1.29, 1.82) is 0 Å². The number of rotatable bonds is 5. The highest BCUT2D eigenvalue weighted by Crippen LogP contribution is 2.42. The van der Waals surface area contributed by atoms with Gasteiger partial charge in [0.15, 0.2) is 0 Å². The molecule has 24 heavy (non-hydrogen) atoms. The molecule has 1 aliphatic carbocycles. The summed E-state index contributed by atoms with van der Waals surface area (Å²) < 4.78 is 9.86. The van der Waals surface area contributed by atoms with Gasteiger partial charge < -0.3 is 9.47 Å². The van der Waals surface area contributed by atoms with E-state index in [1.54, 1.807) is 19.9 Å². The lowest BCUT2D eigenvalue weighted by Gasteiger charge is -2.37. The first-order valence-electron chi connectivity index (χ1n) is 8.90. The van der Waals surface area contributed by atoms with E-state index in [-0.39, 0.29) is 23.3 Å². The van der Waals surface area contributed by atoms with Crippen LogP contribution in [0.15, 0.2) is 23.3 Å². The molecule has 0 N–H and O–H groups in total. The van der Waals surface area contributed by atoms with Crippen LogP contribution >= 0.6 is 0 Å². The molecule has 0 spiro atoms. The van der Waals surface area contributed by atoms with Crippen molar-refractivity contribution in [2.24, 2.45) is 11.3 Å². The molecule has 0 aromatic carbocycles.